The number of likely N-dealkylation sites (tertiary alicyclic amines) is 1. The second kappa shape index (κ2) is 3.52. The van der Waals surface area contributed by atoms with E-state index in [0.717, 1.165) is 18.7 Å². The number of allylic oxidation sites excluding steroid dienone is 2. The Bertz CT molecular complexity index is 492. The van der Waals surface area contributed by atoms with Gasteiger partial charge in [0.05, 0.1) is 7.11 Å². The van der Waals surface area contributed by atoms with Crippen molar-refractivity contribution >= 4 is 0 Å². The molecule has 0 aromatic heterocycles. The SMILES string of the molecule is COc1ccc2c(c1)[C@]1(C)CCN(C)C1=CC2. The van der Waals surface area contributed by atoms with E-state index in [9.17, 15) is 0 Å². The van der Waals surface area contributed by atoms with Gasteiger partial charge in [0.25, 0.3) is 0 Å². The molecule has 2 aliphatic rings. The molecule has 17 heavy (non-hydrogen) atoms. The first kappa shape index (κ1) is 10.7. The van der Waals surface area contributed by atoms with Gasteiger partial charge in [-0.05, 0) is 43.0 Å². The fourth-order valence-corrected chi connectivity index (χ4v) is 3.30. The molecule has 1 aliphatic heterocycles. The van der Waals surface area contributed by atoms with Gasteiger partial charge in [-0.3, -0.25) is 0 Å². The Morgan fingerprint density at radius 3 is 2.94 bits per heavy atom. The number of rotatable bonds is 1. The standard InChI is InChI=1S/C15H19NO/c1-15-8-9-16(2)14(15)7-5-11-4-6-12(17-3)10-13(11)15/h4,6-7,10H,5,8-9H2,1-3H3/t15-/m0/s1. The molecule has 2 nitrogen and oxygen atoms in total. The molecule has 90 valence electrons. The zero-order valence-electron chi connectivity index (χ0n) is 10.8. The summed E-state index contributed by atoms with van der Waals surface area (Å²) < 4.78 is 5.37. The first-order valence-corrected chi connectivity index (χ1v) is 6.24. The smallest absolute Gasteiger partial charge is 0.119 e. The second-order valence-corrected chi connectivity index (χ2v) is 5.32. The Kier molecular flexibility index (Phi) is 2.22. The van der Waals surface area contributed by atoms with E-state index < -0.39 is 0 Å². The Labute approximate surface area is 103 Å². The van der Waals surface area contributed by atoms with Gasteiger partial charge >= 0.3 is 0 Å². The molecule has 0 unspecified atom stereocenters. The summed E-state index contributed by atoms with van der Waals surface area (Å²) >= 11 is 0. The van der Waals surface area contributed by atoms with Crippen LogP contribution in [0, 0.1) is 0 Å². The predicted molar refractivity (Wildman–Crippen MR) is 69.4 cm³/mol. The van der Waals surface area contributed by atoms with Crippen LogP contribution < -0.4 is 4.74 Å². The van der Waals surface area contributed by atoms with Crippen LogP contribution >= 0.6 is 0 Å². The van der Waals surface area contributed by atoms with E-state index in [2.05, 4.69) is 43.1 Å². The summed E-state index contributed by atoms with van der Waals surface area (Å²) in [4.78, 5) is 2.39. The summed E-state index contributed by atoms with van der Waals surface area (Å²) in [6, 6.07) is 6.51. The molecule has 0 amide bonds. The van der Waals surface area contributed by atoms with E-state index in [4.69, 9.17) is 4.74 Å². The van der Waals surface area contributed by atoms with E-state index in [1.807, 2.05) is 0 Å². The van der Waals surface area contributed by atoms with Crippen LogP contribution in [0.3, 0.4) is 0 Å². The van der Waals surface area contributed by atoms with Crippen LogP contribution in [0.2, 0.25) is 0 Å². The minimum absolute atomic E-state index is 0.191. The zero-order chi connectivity index (χ0) is 12.0. The molecule has 1 aromatic carbocycles. The number of fused-ring (bicyclic) bond motifs is 3. The van der Waals surface area contributed by atoms with Gasteiger partial charge < -0.3 is 9.64 Å². The van der Waals surface area contributed by atoms with Crippen molar-refractivity contribution in [3.63, 3.8) is 0 Å². The number of likely N-dealkylation sites (N-methyl/N-ethyl adjacent to an activating group) is 1. The quantitative estimate of drug-likeness (QED) is 0.734. The first-order valence-electron chi connectivity index (χ1n) is 6.24. The van der Waals surface area contributed by atoms with Crippen LogP contribution in [0.15, 0.2) is 30.0 Å². The third-order valence-corrected chi connectivity index (χ3v) is 4.35. The maximum Gasteiger partial charge on any atom is 0.119 e. The van der Waals surface area contributed by atoms with Crippen molar-refractivity contribution in [1.82, 2.24) is 4.90 Å². The highest BCUT2D eigenvalue weighted by Gasteiger charge is 2.41. The van der Waals surface area contributed by atoms with Gasteiger partial charge in [-0.1, -0.05) is 12.1 Å². The van der Waals surface area contributed by atoms with E-state index in [0.29, 0.717) is 0 Å². The lowest BCUT2D eigenvalue weighted by atomic mass is 9.73. The number of nitrogens with zero attached hydrogens (tertiary/aromatic N) is 1. The number of benzene rings is 1. The first-order chi connectivity index (χ1) is 8.15. The molecule has 0 N–H and O–H groups in total. The van der Waals surface area contributed by atoms with Crippen LogP contribution in [-0.2, 0) is 11.8 Å². The Balaban J connectivity index is 2.15. The monoisotopic (exact) mass is 229 g/mol. The van der Waals surface area contributed by atoms with Crippen molar-refractivity contribution in [1.29, 1.82) is 0 Å². The van der Waals surface area contributed by atoms with Gasteiger partial charge in [-0.2, -0.15) is 0 Å². The average Bonchev–Trinajstić information content (AvgIpc) is 2.66. The highest BCUT2D eigenvalue weighted by atomic mass is 16.5. The molecule has 0 bridgehead atoms. The van der Waals surface area contributed by atoms with Crippen molar-refractivity contribution in [3.8, 4) is 5.75 Å². The van der Waals surface area contributed by atoms with Crippen LogP contribution in [-0.4, -0.2) is 25.6 Å². The fraction of sp³-hybridized carbons (Fsp3) is 0.467. The normalized spacial score (nSPS) is 26.3. The fourth-order valence-electron chi connectivity index (χ4n) is 3.30. The topological polar surface area (TPSA) is 12.5 Å². The lowest BCUT2D eigenvalue weighted by Crippen LogP contribution is -2.28. The molecule has 1 aromatic rings. The Morgan fingerprint density at radius 1 is 1.35 bits per heavy atom. The molecule has 0 saturated carbocycles. The Hall–Kier alpha value is -1.44. The van der Waals surface area contributed by atoms with E-state index in [-0.39, 0.29) is 5.41 Å². The Morgan fingerprint density at radius 2 is 2.18 bits per heavy atom. The molecule has 1 saturated heterocycles. The second-order valence-electron chi connectivity index (χ2n) is 5.32. The highest BCUT2D eigenvalue weighted by Crippen LogP contribution is 2.47. The van der Waals surface area contributed by atoms with E-state index in [1.54, 1.807) is 7.11 Å². The third kappa shape index (κ3) is 1.40. The minimum atomic E-state index is 0.191. The number of ether oxygens (including phenoxy) is 1. The molecular weight excluding hydrogens is 210 g/mol. The number of methoxy groups -OCH3 is 1. The zero-order valence-corrected chi connectivity index (χ0v) is 10.8. The van der Waals surface area contributed by atoms with Crippen LogP contribution in [0.5, 0.6) is 5.75 Å². The molecular formula is C15H19NO. The van der Waals surface area contributed by atoms with Gasteiger partial charge in [0, 0.05) is 24.7 Å². The molecule has 3 rings (SSSR count). The summed E-state index contributed by atoms with van der Waals surface area (Å²) in [7, 11) is 3.94. The minimum Gasteiger partial charge on any atom is -0.497 e. The van der Waals surface area contributed by atoms with Crippen molar-refractivity contribution in [3.05, 3.63) is 41.1 Å². The lowest BCUT2D eigenvalue weighted by Gasteiger charge is -2.34. The molecule has 1 fully saturated rings. The van der Waals surface area contributed by atoms with Crippen molar-refractivity contribution in [2.45, 2.75) is 25.2 Å². The largest absolute Gasteiger partial charge is 0.497 e. The van der Waals surface area contributed by atoms with E-state index in [1.165, 1.54) is 23.2 Å². The molecule has 2 heteroatoms. The molecule has 1 heterocycles. The molecule has 1 atom stereocenters. The summed E-state index contributed by atoms with van der Waals surface area (Å²) in [5.74, 6) is 0.973. The van der Waals surface area contributed by atoms with Gasteiger partial charge in [-0.15, -0.1) is 0 Å². The average molecular weight is 229 g/mol. The van der Waals surface area contributed by atoms with Crippen molar-refractivity contribution in [2.75, 3.05) is 20.7 Å². The predicted octanol–water partition coefficient (Wildman–Crippen LogP) is 2.73. The summed E-state index contributed by atoms with van der Waals surface area (Å²) in [5, 5.41) is 0. The molecule has 1 aliphatic carbocycles. The summed E-state index contributed by atoms with van der Waals surface area (Å²) in [6.45, 7) is 3.51. The lowest BCUT2D eigenvalue weighted by molar-refractivity contribution is 0.411. The van der Waals surface area contributed by atoms with Crippen molar-refractivity contribution < 1.29 is 4.74 Å². The van der Waals surface area contributed by atoms with Crippen LogP contribution in [0.1, 0.15) is 24.5 Å². The number of hydrogen-bond donors (Lipinski definition) is 0. The van der Waals surface area contributed by atoms with Gasteiger partial charge in [0.15, 0.2) is 0 Å². The summed E-state index contributed by atoms with van der Waals surface area (Å²) in [5.41, 5.74) is 4.58. The van der Waals surface area contributed by atoms with E-state index >= 15 is 0 Å². The van der Waals surface area contributed by atoms with Crippen LogP contribution in [0.4, 0.5) is 0 Å². The summed E-state index contributed by atoms with van der Waals surface area (Å²) in [6.07, 6.45) is 4.64. The van der Waals surface area contributed by atoms with Gasteiger partial charge in [0.2, 0.25) is 0 Å². The third-order valence-electron chi connectivity index (χ3n) is 4.35. The highest BCUT2D eigenvalue weighted by molar-refractivity contribution is 5.50. The van der Waals surface area contributed by atoms with Gasteiger partial charge in [0.1, 0.15) is 5.75 Å². The van der Waals surface area contributed by atoms with Crippen molar-refractivity contribution in [2.24, 2.45) is 0 Å². The van der Waals surface area contributed by atoms with Gasteiger partial charge in [-0.25, -0.2) is 0 Å². The number of hydrogen-bond acceptors (Lipinski definition) is 2. The van der Waals surface area contributed by atoms with Crippen LogP contribution in [0.25, 0.3) is 0 Å². The maximum atomic E-state index is 5.37. The molecule has 0 spiro atoms. The molecule has 0 radical (unpaired) electrons. The maximum absolute atomic E-state index is 5.37.